The minimum Gasteiger partial charge on any atom is -0.491 e. The van der Waals surface area contributed by atoms with E-state index in [2.05, 4.69) is 17.2 Å². The number of aromatic nitrogens is 1. The van der Waals surface area contributed by atoms with Gasteiger partial charge in [0.25, 0.3) is 5.91 Å². The van der Waals surface area contributed by atoms with Gasteiger partial charge in [-0.05, 0) is 42.3 Å². The Kier molecular flexibility index (Phi) is 15.8. The van der Waals surface area contributed by atoms with Crippen LogP contribution in [0.3, 0.4) is 0 Å². The van der Waals surface area contributed by atoms with Crippen molar-refractivity contribution < 1.29 is 29.3 Å². The zero-order valence-electron chi connectivity index (χ0n) is 23.7. The lowest BCUT2D eigenvalue weighted by Gasteiger charge is -2.11. The molecule has 3 N–H and O–H groups in total. The van der Waals surface area contributed by atoms with Crippen LogP contribution in [0.4, 0.5) is 5.69 Å². The number of carbonyl (C=O) groups is 3. The number of carbonyl (C=O) groups excluding carboxylic acids is 1. The molecule has 0 saturated heterocycles. The van der Waals surface area contributed by atoms with Gasteiger partial charge >= 0.3 is 11.9 Å². The Morgan fingerprint density at radius 2 is 1.50 bits per heavy atom. The van der Waals surface area contributed by atoms with E-state index >= 15 is 0 Å². The molecule has 218 valence electrons. The van der Waals surface area contributed by atoms with Crippen LogP contribution in [-0.2, 0) is 16.0 Å². The lowest BCUT2D eigenvalue weighted by atomic mass is 10.1. The number of ether oxygens (including phenoxy) is 1. The number of nitrogens with one attached hydrogen (secondary N) is 1. The molecule has 0 bridgehead atoms. The number of hydrogen-bond acceptors (Lipinski definition) is 5. The van der Waals surface area contributed by atoms with Gasteiger partial charge in [-0.2, -0.15) is 0 Å². The highest BCUT2D eigenvalue weighted by Crippen LogP contribution is 2.21. The maximum Gasteiger partial charge on any atom is 0.307 e. The van der Waals surface area contributed by atoms with Crippen molar-refractivity contribution in [3.8, 4) is 5.75 Å². The van der Waals surface area contributed by atoms with E-state index in [9.17, 15) is 14.4 Å². The normalized spacial score (nSPS) is 11.0. The summed E-state index contributed by atoms with van der Waals surface area (Å²) in [5.74, 6) is -1.90. The summed E-state index contributed by atoms with van der Waals surface area (Å²) in [7, 11) is 0. The highest BCUT2D eigenvalue weighted by Gasteiger charge is 2.13. The van der Waals surface area contributed by atoms with Crippen LogP contribution in [0, 0.1) is 0 Å². The van der Waals surface area contributed by atoms with Crippen molar-refractivity contribution in [3.63, 3.8) is 0 Å². The summed E-state index contributed by atoms with van der Waals surface area (Å²) in [5.41, 5.74) is 1.54. The Balaban J connectivity index is 1.85. The highest BCUT2D eigenvalue weighted by atomic mass is 16.5. The zero-order valence-corrected chi connectivity index (χ0v) is 23.7. The van der Waals surface area contributed by atoms with Crippen molar-refractivity contribution in [2.75, 3.05) is 11.9 Å². The Morgan fingerprint density at radius 3 is 2.12 bits per heavy atom. The van der Waals surface area contributed by atoms with Crippen LogP contribution in [0.2, 0.25) is 0 Å². The number of amides is 1. The molecule has 0 aliphatic heterocycles. The van der Waals surface area contributed by atoms with E-state index in [-0.39, 0.29) is 18.5 Å². The molecule has 0 saturated carbocycles. The van der Waals surface area contributed by atoms with Crippen molar-refractivity contribution in [2.45, 2.75) is 96.8 Å². The highest BCUT2D eigenvalue weighted by molar-refractivity contribution is 6.03. The summed E-state index contributed by atoms with van der Waals surface area (Å²) in [6, 6.07) is 9.85. The van der Waals surface area contributed by atoms with Gasteiger partial charge in [0.1, 0.15) is 17.1 Å². The molecule has 1 aromatic heterocycles. The average Bonchev–Trinajstić information content (AvgIpc) is 2.91. The summed E-state index contributed by atoms with van der Waals surface area (Å²) in [5, 5.41) is 20.7. The van der Waals surface area contributed by atoms with Crippen molar-refractivity contribution in [1.29, 1.82) is 0 Å². The maximum atomic E-state index is 12.8. The third kappa shape index (κ3) is 13.9. The van der Waals surface area contributed by atoms with Gasteiger partial charge in [-0.15, -0.1) is 0 Å². The van der Waals surface area contributed by atoms with E-state index < -0.39 is 17.8 Å². The molecule has 0 spiro atoms. The van der Waals surface area contributed by atoms with Crippen molar-refractivity contribution in [3.05, 3.63) is 59.4 Å². The van der Waals surface area contributed by atoms with Crippen LogP contribution in [-0.4, -0.2) is 39.6 Å². The fraction of sp³-hybridized carbons (Fsp3) is 0.500. The summed E-state index contributed by atoms with van der Waals surface area (Å²) in [4.78, 5) is 39.2. The monoisotopic (exact) mass is 552 g/mol. The first-order chi connectivity index (χ1) is 19.4. The van der Waals surface area contributed by atoms with Gasteiger partial charge in [-0.25, -0.2) is 4.98 Å². The fourth-order valence-electron chi connectivity index (χ4n) is 4.36. The van der Waals surface area contributed by atoms with Gasteiger partial charge in [0.05, 0.1) is 19.4 Å². The molecule has 8 nitrogen and oxygen atoms in total. The average molecular weight is 553 g/mol. The van der Waals surface area contributed by atoms with E-state index in [0.29, 0.717) is 29.3 Å². The lowest BCUT2D eigenvalue weighted by molar-refractivity contribution is -0.137. The fourth-order valence-corrected chi connectivity index (χ4v) is 4.36. The Labute approximate surface area is 237 Å². The largest absolute Gasteiger partial charge is 0.491 e. The molecule has 0 radical (unpaired) electrons. The number of hydrogen-bond donors (Lipinski definition) is 3. The van der Waals surface area contributed by atoms with Gasteiger partial charge in [0, 0.05) is 5.69 Å². The molecule has 0 fully saturated rings. The molecule has 1 amide bonds. The summed E-state index contributed by atoms with van der Waals surface area (Å²) < 4.78 is 5.94. The third-order valence-corrected chi connectivity index (χ3v) is 6.48. The topological polar surface area (TPSA) is 126 Å². The first-order valence-electron chi connectivity index (χ1n) is 14.5. The molecule has 0 aliphatic carbocycles. The molecular weight excluding hydrogens is 508 g/mol. The van der Waals surface area contributed by atoms with Crippen LogP contribution in [0.1, 0.15) is 112 Å². The first-order valence-corrected chi connectivity index (χ1v) is 14.5. The van der Waals surface area contributed by atoms with Crippen molar-refractivity contribution in [1.82, 2.24) is 4.98 Å². The van der Waals surface area contributed by atoms with Crippen molar-refractivity contribution in [2.24, 2.45) is 0 Å². The molecule has 40 heavy (non-hydrogen) atoms. The van der Waals surface area contributed by atoms with Crippen LogP contribution in [0.15, 0.2) is 42.5 Å². The second kappa shape index (κ2) is 19.4. The van der Waals surface area contributed by atoms with Crippen LogP contribution >= 0.6 is 0 Å². The summed E-state index contributed by atoms with van der Waals surface area (Å²) in [6.07, 6.45) is 17.8. The minimum absolute atomic E-state index is 0.135. The van der Waals surface area contributed by atoms with E-state index in [4.69, 9.17) is 14.9 Å². The molecule has 2 aromatic rings. The second-order valence-electron chi connectivity index (χ2n) is 10.0. The van der Waals surface area contributed by atoms with E-state index in [0.717, 1.165) is 12.8 Å². The molecule has 0 aliphatic rings. The molecule has 8 heteroatoms. The Bertz CT molecular complexity index is 1100. The van der Waals surface area contributed by atoms with Gasteiger partial charge in [-0.1, -0.05) is 95.8 Å². The zero-order chi connectivity index (χ0) is 29.0. The maximum absolute atomic E-state index is 12.8. The summed E-state index contributed by atoms with van der Waals surface area (Å²) >= 11 is 0. The molecular formula is C32H44N2O6. The second-order valence-corrected chi connectivity index (χ2v) is 10.0. The van der Waals surface area contributed by atoms with E-state index in [1.54, 1.807) is 42.5 Å². The number of anilines is 1. The van der Waals surface area contributed by atoms with Gasteiger partial charge < -0.3 is 20.3 Å². The number of nitrogens with zero attached hydrogens (tertiary/aromatic N) is 1. The number of rotatable bonds is 21. The Hall–Kier alpha value is -3.68. The predicted octanol–water partition coefficient (Wildman–Crippen LogP) is 7.53. The van der Waals surface area contributed by atoms with Crippen LogP contribution in [0.5, 0.6) is 5.75 Å². The predicted molar refractivity (Wildman–Crippen MR) is 158 cm³/mol. The number of carboxylic acid groups (broad SMARTS) is 2. The van der Waals surface area contributed by atoms with E-state index in [1.807, 2.05) is 0 Å². The number of pyridine rings is 1. The van der Waals surface area contributed by atoms with Crippen LogP contribution < -0.4 is 10.1 Å². The Morgan fingerprint density at radius 1 is 0.850 bits per heavy atom. The van der Waals surface area contributed by atoms with Gasteiger partial charge in [0.15, 0.2) is 0 Å². The number of unbranched alkanes of at least 4 members (excludes halogenated alkanes) is 11. The standard InChI is InChI=1S/C32H44N2O6/c1-2-3-4-5-6-7-8-9-10-11-12-13-22-40-29-21-20-28(34-27(29)18-15-19-30(35)36)32(39)33-26-17-14-16-25(23-26)24-31(37)38/h14-18,20-21,23H,2-13,19,22,24H2,1H3,(H,33,39)(H,35,36)(H,37,38)/b18-15+. The van der Waals surface area contributed by atoms with Gasteiger partial charge in [-0.3, -0.25) is 14.4 Å². The number of aliphatic carboxylic acids is 2. The van der Waals surface area contributed by atoms with Crippen LogP contribution in [0.25, 0.3) is 6.08 Å². The molecule has 2 rings (SSSR count). The minimum atomic E-state index is -0.967. The molecule has 0 unspecified atom stereocenters. The summed E-state index contributed by atoms with van der Waals surface area (Å²) in [6.45, 7) is 2.76. The smallest absolute Gasteiger partial charge is 0.307 e. The first kappa shape index (κ1) is 32.5. The quantitative estimate of drug-likeness (QED) is 0.137. The number of carboxylic acids is 2. The van der Waals surface area contributed by atoms with Crippen molar-refractivity contribution >= 4 is 29.6 Å². The molecule has 1 heterocycles. The van der Waals surface area contributed by atoms with E-state index in [1.165, 1.54) is 70.3 Å². The number of benzene rings is 1. The lowest BCUT2D eigenvalue weighted by Crippen LogP contribution is -2.15. The molecule has 0 atom stereocenters. The molecule has 1 aromatic carbocycles. The SMILES string of the molecule is CCCCCCCCCCCCCCOc1ccc(C(=O)Nc2cccc(CC(=O)O)c2)nc1/C=C/CC(=O)O. The van der Waals surface area contributed by atoms with Gasteiger partial charge in [0.2, 0.25) is 0 Å². The third-order valence-electron chi connectivity index (χ3n) is 6.48.